The number of carbonyl (C=O) groups is 1. The number of nitrogens with zero attached hydrogens (tertiary/aromatic N) is 4. The number of likely N-dealkylation sites (N-methyl/N-ethyl adjacent to an activating group) is 1. The molecule has 0 saturated carbocycles. The summed E-state index contributed by atoms with van der Waals surface area (Å²) < 4.78 is 5.38. The van der Waals surface area contributed by atoms with Crippen LogP contribution in [-0.2, 0) is 0 Å². The van der Waals surface area contributed by atoms with E-state index < -0.39 is 0 Å². The van der Waals surface area contributed by atoms with Crippen LogP contribution in [0.1, 0.15) is 23.0 Å². The van der Waals surface area contributed by atoms with Crippen molar-refractivity contribution in [3.05, 3.63) is 29.7 Å². The first kappa shape index (κ1) is 17.0. The smallest absolute Gasteiger partial charge is 0.258 e. The number of rotatable bonds is 4. The van der Waals surface area contributed by atoms with Gasteiger partial charge < -0.3 is 14.2 Å². The third-order valence-corrected chi connectivity index (χ3v) is 4.99. The van der Waals surface area contributed by atoms with Gasteiger partial charge in [0.1, 0.15) is 5.03 Å². The summed E-state index contributed by atoms with van der Waals surface area (Å²) in [4.78, 5) is 26.3. The number of furan rings is 1. The summed E-state index contributed by atoms with van der Waals surface area (Å²) >= 11 is 1.47. The lowest BCUT2D eigenvalue weighted by molar-refractivity contribution is 0.0638. The van der Waals surface area contributed by atoms with Crippen molar-refractivity contribution in [3.8, 4) is 11.6 Å². The van der Waals surface area contributed by atoms with Crippen LogP contribution >= 0.6 is 11.8 Å². The van der Waals surface area contributed by atoms with Gasteiger partial charge in [0.05, 0.1) is 17.5 Å². The molecule has 1 saturated heterocycles. The quantitative estimate of drug-likeness (QED) is 0.626. The molecule has 1 amide bonds. The molecule has 0 spiro atoms. The van der Waals surface area contributed by atoms with Gasteiger partial charge in [-0.2, -0.15) is 0 Å². The van der Waals surface area contributed by atoms with Gasteiger partial charge in [0.25, 0.3) is 5.91 Å². The highest BCUT2D eigenvalue weighted by Gasteiger charge is 2.26. The van der Waals surface area contributed by atoms with Gasteiger partial charge in [0, 0.05) is 26.2 Å². The average Bonchev–Trinajstić information content (AvgIpc) is 3.15. The van der Waals surface area contributed by atoms with E-state index in [1.54, 1.807) is 12.3 Å². The highest BCUT2D eigenvalue weighted by molar-refractivity contribution is 7.98. The predicted molar refractivity (Wildman–Crippen MR) is 94.3 cm³/mol. The Hall–Kier alpha value is -1.86. The van der Waals surface area contributed by atoms with E-state index in [1.165, 1.54) is 11.8 Å². The largest absolute Gasteiger partial charge is 0.461 e. The number of aromatic nitrogens is 2. The normalized spacial score (nSPS) is 15.7. The van der Waals surface area contributed by atoms with Crippen LogP contribution in [-0.4, -0.2) is 64.7 Å². The molecule has 0 radical (unpaired) electrons. The molecular weight excluding hydrogens is 324 g/mol. The maximum atomic E-state index is 13.0. The zero-order valence-electron chi connectivity index (χ0n) is 14.3. The minimum Gasteiger partial charge on any atom is -0.461 e. The van der Waals surface area contributed by atoms with Crippen LogP contribution in [0.4, 0.5) is 0 Å². The van der Waals surface area contributed by atoms with Crippen molar-refractivity contribution in [1.29, 1.82) is 0 Å². The number of amides is 1. The van der Waals surface area contributed by atoms with Gasteiger partial charge in [0.2, 0.25) is 0 Å². The molecule has 1 aliphatic heterocycles. The first-order valence-corrected chi connectivity index (χ1v) is 9.34. The molecule has 7 heteroatoms. The van der Waals surface area contributed by atoms with E-state index in [4.69, 9.17) is 4.42 Å². The molecule has 2 aromatic rings. The van der Waals surface area contributed by atoms with Crippen LogP contribution in [0.3, 0.4) is 0 Å². The van der Waals surface area contributed by atoms with Crippen LogP contribution in [0.2, 0.25) is 0 Å². The Kier molecular flexibility index (Phi) is 5.20. The molecule has 0 aliphatic carbocycles. The van der Waals surface area contributed by atoms with E-state index in [1.807, 2.05) is 24.1 Å². The second kappa shape index (κ2) is 7.36. The first-order valence-electron chi connectivity index (χ1n) is 8.12. The molecule has 6 nitrogen and oxygen atoms in total. The van der Waals surface area contributed by atoms with Crippen LogP contribution in [0.5, 0.6) is 0 Å². The summed E-state index contributed by atoms with van der Waals surface area (Å²) in [6.45, 7) is 8.37. The van der Waals surface area contributed by atoms with Crippen LogP contribution in [0, 0.1) is 6.92 Å². The van der Waals surface area contributed by atoms with Gasteiger partial charge in [-0.15, -0.1) is 11.8 Å². The van der Waals surface area contributed by atoms with Crippen LogP contribution < -0.4 is 0 Å². The number of piperazine rings is 1. The lowest BCUT2D eigenvalue weighted by Gasteiger charge is -2.34. The van der Waals surface area contributed by atoms with Crippen molar-refractivity contribution in [3.63, 3.8) is 0 Å². The highest BCUT2D eigenvalue weighted by atomic mass is 32.2. The maximum absolute atomic E-state index is 13.0. The first-order chi connectivity index (χ1) is 11.6. The Morgan fingerprint density at radius 2 is 2.04 bits per heavy atom. The fraction of sp³-hybridized carbons (Fsp3) is 0.471. The zero-order chi connectivity index (χ0) is 17.1. The second-order valence-corrected chi connectivity index (χ2v) is 6.52. The lowest BCUT2D eigenvalue weighted by atomic mass is 10.2. The van der Waals surface area contributed by atoms with Gasteiger partial charge in [-0.25, -0.2) is 9.97 Å². The number of hydrogen-bond donors (Lipinski definition) is 0. The lowest BCUT2D eigenvalue weighted by Crippen LogP contribution is -2.48. The molecule has 3 heterocycles. The maximum Gasteiger partial charge on any atom is 0.258 e. The Balaban J connectivity index is 1.89. The summed E-state index contributed by atoms with van der Waals surface area (Å²) in [7, 11) is 0. The number of hydrogen-bond acceptors (Lipinski definition) is 6. The van der Waals surface area contributed by atoms with Gasteiger partial charge in [0.15, 0.2) is 11.6 Å². The van der Waals surface area contributed by atoms with E-state index in [-0.39, 0.29) is 5.91 Å². The molecule has 0 bridgehead atoms. The topological polar surface area (TPSA) is 62.5 Å². The van der Waals surface area contributed by atoms with Crippen molar-refractivity contribution in [2.24, 2.45) is 0 Å². The molecule has 0 aromatic carbocycles. The van der Waals surface area contributed by atoms with Gasteiger partial charge in [-0.05, 0) is 31.9 Å². The minimum absolute atomic E-state index is 0.0265. The van der Waals surface area contributed by atoms with E-state index in [0.717, 1.165) is 32.7 Å². The Morgan fingerprint density at radius 3 is 2.62 bits per heavy atom. The number of thioether (sulfide) groups is 1. The summed E-state index contributed by atoms with van der Waals surface area (Å²) in [5, 5.41) is 0.705. The Morgan fingerprint density at radius 1 is 1.29 bits per heavy atom. The summed E-state index contributed by atoms with van der Waals surface area (Å²) in [5.74, 6) is 1.16. The van der Waals surface area contributed by atoms with Gasteiger partial charge in [-0.3, -0.25) is 4.79 Å². The fourth-order valence-corrected chi connectivity index (χ4v) is 3.50. The monoisotopic (exact) mass is 346 g/mol. The SMILES string of the molecule is CCN1CCN(C(=O)c2c(C)nc(-c3ccco3)nc2SC)CC1. The molecule has 128 valence electrons. The fourth-order valence-electron chi connectivity index (χ4n) is 2.88. The molecule has 0 unspecified atom stereocenters. The van der Waals surface area contributed by atoms with Crippen molar-refractivity contribution in [1.82, 2.24) is 19.8 Å². The highest BCUT2D eigenvalue weighted by Crippen LogP contribution is 2.26. The van der Waals surface area contributed by atoms with Crippen molar-refractivity contribution >= 4 is 17.7 Å². The van der Waals surface area contributed by atoms with Crippen molar-refractivity contribution < 1.29 is 9.21 Å². The Labute approximate surface area is 146 Å². The molecule has 0 N–H and O–H groups in total. The zero-order valence-corrected chi connectivity index (χ0v) is 15.1. The average molecular weight is 346 g/mol. The summed E-state index contributed by atoms with van der Waals surface area (Å²) in [6.07, 6.45) is 3.53. The van der Waals surface area contributed by atoms with Crippen molar-refractivity contribution in [2.75, 3.05) is 39.0 Å². The van der Waals surface area contributed by atoms with E-state index in [2.05, 4.69) is 21.8 Å². The number of aryl methyl sites for hydroxylation is 1. The molecule has 3 rings (SSSR count). The standard InChI is InChI=1S/C17H22N4O2S/c1-4-20-7-9-21(10-8-20)17(22)14-12(2)18-15(19-16(14)24-3)13-6-5-11-23-13/h5-6,11H,4,7-10H2,1-3H3. The van der Waals surface area contributed by atoms with Gasteiger partial charge in [-0.1, -0.05) is 6.92 Å². The van der Waals surface area contributed by atoms with E-state index in [9.17, 15) is 4.79 Å². The van der Waals surface area contributed by atoms with E-state index in [0.29, 0.717) is 27.9 Å². The third-order valence-electron chi connectivity index (χ3n) is 4.31. The third kappa shape index (κ3) is 3.32. The van der Waals surface area contributed by atoms with Crippen LogP contribution in [0.25, 0.3) is 11.6 Å². The minimum atomic E-state index is 0.0265. The molecule has 0 atom stereocenters. The molecule has 2 aromatic heterocycles. The molecule has 24 heavy (non-hydrogen) atoms. The van der Waals surface area contributed by atoms with Crippen LogP contribution in [0.15, 0.2) is 27.8 Å². The summed E-state index contributed by atoms with van der Waals surface area (Å²) in [6, 6.07) is 3.63. The molecule has 1 aliphatic rings. The predicted octanol–water partition coefficient (Wildman–Crippen LogP) is 2.54. The van der Waals surface area contributed by atoms with Gasteiger partial charge >= 0.3 is 0 Å². The second-order valence-electron chi connectivity index (χ2n) is 5.72. The Bertz CT molecular complexity index is 710. The molecular formula is C17H22N4O2S. The van der Waals surface area contributed by atoms with Crippen molar-refractivity contribution in [2.45, 2.75) is 18.9 Å². The van der Waals surface area contributed by atoms with E-state index >= 15 is 0 Å². The number of carbonyl (C=O) groups excluding carboxylic acids is 1. The summed E-state index contributed by atoms with van der Waals surface area (Å²) in [5.41, 5.74) is 1.31. The molecule has 1 fully saturated rings.